The zero-order chi connectivity index (χ0) is 7.15. The van der Waals surface area contributed by atoms with Gasteiger partial charge in [-0.05, 0) is 0 Å². The van der Waals surface area contributed by atoms with E-state index in [0.717, 1.165) is 0 Å². The molecule has 0 aromatic heterocycles. The number of halogens is 2. The third-order valence-corrected chi connectivity index (χ3v) is 0. The number of rotatable bonds is 0. The molecular formula is H5F2MgN3O6. The van der Waals surface area contributed by atoms with Crippen LogP contribution in [0.3, 0.4) is 0 Å². The van der Waals surface area contributed by atoms with E-state index in [0.29, 0.717) is 0 Å². The molecule has 0 amide bonds. The third kappa shape index (κ3) is 558. The molecule has 0 spiro atoms. The maximum atomic E-state index is 8.25. The van der Waals surface area contributed by atoms with Crippen LogP contribution in [0.4, 0.5) is 4.70 Å². The van der Waals surface area contributed by atoms with Gasteiger partial charge in [0.2, 0.25) is 0 Å². The second-order valence-electron chi connectivity index (χ2n) is 0.447. The van der Waals surface area contributed by atoms with Crippen LogP contribution in [0.25, 0.3) is 0 Å². The first-order valence-corrected chi connectivity index (χ1v) is 1.10. The molecule has 0 rings (SSSR count). The van der Waals surface area contributed by atoms with Gasteiger partial charge >= 0.3 is 24.5 Å². The van der Waals surface area contributed by atoms with E-state index in [4.69, 9.17) is 30.6 Å². The quantitative estimate of drug-likeness (QED) is 0.244. The van der Waals surface area contributed by atoms with E-state index >= 15 is 0 Å². The van der Waals surface area contributed by atoms with Crippen LogP contribution < -0.4 is 10.9 Å². The summed E-state index contributed by atoms with van der Waals surface area (Å²) in [6.07, 6.45) is 0. The van der Waals surface area contributed by atoms with Crippen molar-refractivity contribution in [2.24, 2.45) is 0 Å². The Balaban J connectivity index is -0.00000000800. The van der Waals surface area contributed by atoms with Crippen LogP contribution in [0.15, 0.2) is 0 Å². The Bertz CT molecular complexity index is 83.9. The van der Waals surface area contributed by atoms with Gasteiger partial charge in [-0.1, -0.05) is 0 Å². The van der Waals surface area contributed by atoms with Gasteiger partial charge in [-0.3, -0.25) is 4.70 Å². The van der Waals surface area contributed by atoms with Crippen LogP contribution in [0, 0.1) is 30.6 Å². The summed E-state index contributed by atoms with van der Waals surface area (Å²) in [5, 5.41) is 29.5. The molecule has 0 saturated carbocycles. The first-order valence-electron chi connectivity index (χ1n) is 1.10. The van der Waals surface area contributed by atoms with Crippen molar-refractivity contribution in [3.8, 4) is 0 Å². The van der Waals surface area contributed by atoms with Crippen molar-refractivity contribution in [3.63, 3.8) is 0 Å². The van der Waals surface area contributed by atoms with E-state index in [1.54, 1.807) is 0 Å². The fourth-order valence-electron chi connectivity index (χ4n) is 0. The molecule has 0 radical (unpaired) electrons. The van der Waals surface area contributed by atoms with Crippen molar-refractivity contribution in [2.45, 2.75) is 0 Å². The number of nitrogens with zero attached hydrogens (tertiary/aromatic N) is 2. The maximum absolute atomic E-state index is 8.25. The maximum Gasteiger partial charge on any atom is 2.00 e. The van der Waals surface area contributed by atoms with Crippen molar-refractivity contribution in [1.29, 1.82) is 0 Å². The molecule has 0 saturated heterocycles. The monoisotopic (exact) mass is 205 g/mol. The average Bonchev–Trinajstić information content (AvgIpc) is 1.25. The second kappa shape index (κ2) is 32.4. The average molecular weight is 205 g/mol. The molecule has 0 aliphatic rings. The zero-order valence-corrected chi connectivity index (χ0v) is 6.96. The summed E-state index contributed by atoms with van der Waals surface area (Å²) in [6, 6.07) is 0. The summed E-state index contributed by atoms with van der Waals surface area (Å²) in [6.45, 7) is 0. The van der Waals surface area contributed by atoms with Gasteiger partial charge < -0.3 is 41.5 Å². The Morgan fingerprint density at radius 2 is 0.917 bits per heavy atom. The van der Waals surface area contributed by atoms with E-state index in [9.17, 15) is 0 Å². The molecule has 0 atom stereocenters. The van der Waals surface area contributed by atoms with E-state index in [1.165, 1.54) is 0 Å². The SMILES string of the molecule is F.N.O=[N+]([O-])[O-].O=[N+]([O-])[O-].[F-].[H+].[Mg+2]. The molecule has 0 aromatic carbocycles. The van der Waals surface area contributed by atoms with Gasteiger partial charge in [0.1, 0.15) is 0 Å². The molecule has 0 unspecified atom stereocenters. The van der Waals surface area contributed by atoms with Crippen LogP contribution in [-0.2, 0) is 0 Å². The Morgan fingerprint density at radius 1 is 0.917 bits per heavy atom. The standard InChI is InChI=1S/2FH.Mg.2NO3.H3N/c;;;2*2-1(3)4;/h2*1H;;;;1H3/q;;+2;2*-1;. The zero-order valence-electron chi connectivity index (χ0n) is 6.54. The van der Waals surface area contributed by atoms with Crippen molar-refractivity contribution in [1.82, 2.24) is 6.15 Å². The molecule has 72 valence electrons. The molecule has 0 bridgehead atoms. The van der Waals surface area contributed by atoms with E-state index in [1.807, 2.05) is 0 Å². The summed E-state index contributed by atoms with van der Waals surface area (Å²) in [7, 11) is 0. The van der Waals surface area contributed by atoms with Crippen LogP contribution in [0.1, 0.15) is 1.43 Å². The Hall–Kier alpha value is -1.01. The molecular weight excluding hydrogens is 200 g/mol. The normalized spacial score (nSPS) is 4.00. The summed E-state index contributed by atoms with van der Waals surface area (Å²) < 4.78 is 0. The van der Waals surface area contributed by atoms with E-state index in [-0.39, 0.29) is 40.0 Å². The summed E-state index contributed by atoms with van der Waals surface area (Å²) in [4.78, 5) is 16.5. The first kappa shape index (κ1) is 44.1. The molecule has 0 heterocycles. The van der Waals surface area contributed by atoms with Crippen molar-refractivity contribution in [3.05, 3.63) is 30.6 Å². The Morgan fingerprint density at radius 3 is 0.917 bits per heavy atom. The van der Waals surface area contributed by atoms with E-state index < -0.39 is 10.2 Å². The predicted molar refractivity (Wildman–Crippen MR) is 35.1 cm³/mol. The topological polar surface area (TPSA) is 167 Å². The van der Waals surface area contributed by atoms with Crippen LogP contribution >= 0.6 is 0 Å². The molecule has 0 aliphatic carbocycles. The van der Waals surface area contributed by atoms with Gasteiger partial charge in [-0.25, -0.2) is 0 Å². The minimum absolute atomic E-state index is 0. The summed E-state index contributed by atoms with van der Waals surface area (Å²) >= 11 is 0. The molecule has 0 aromatic rings. The van der Waals surface area contributed by atoms with Crippen molar-refractivity contribution >= 4 is 23.1 Å². The number of hydrogen-bond donors (Lipinski definition) is 1. The molecule has 12 heavy (non-hydrogen) atoms. The third-order valence-electron chi connectivity index (χ3n) is 0. The number of hydrogen-bond acceptors (Lipinski definition) is 7. The van der Waals surface area contributed by atoms with Crippen molar-refractivity contribution < 1.29 is 21.0 Å². The largest absolute Gasteiger partial charge is 2.00 e. The summed E-state index contributed by atoms with van der Waals surface area (Å²) in [5.74, 6) is 0. The van der Waals surface area contributed by atoms with Gasteiger partial charge in [0.15, 0.2) is 0 Å². The molecule has 12 heteroatoms. The van der Waals surface area contributed by atoms with Gasteiger partial charge in [-0.15, -0.1) is 0 Å². The Kier molecular flexibility index (Phi) is 119. The van der Waals surface area contributed by atoms with Crippen LogP contribution in [0.5, 0.6) is 0 Å². The van der Waals surface area contributed by atoms with Crippen LogP contribution in [0.2, 0.25) is 0 Å². The van der Waals surface area contributed by atoms with Gasteiger partial charge in [-0.2, -0.15) is 0 Å². The van der Waals surface area contributed by atoms with Crippen LogP contribution in [-0.4, -0.2) is 33.2 Å². The minimum atomic E-state index is -1.75. The smallest absolute Gasteiger partial charge is 1.00 e. The van der Waals surface area contributed by atoms with Gasteiger partial charge in [0.25, 0.3) is 0 Å². The van der Waals surface area contributed by atoms with Gasteiger partial charge in [0.05, 0.1) is 10.2 Å². The fourth-order valence-corrected chi connectivity index (χ4v) is 0. The van der Waals surface area contributed by atoms with E-state index in [2.05, 4.69) is 0 Å². The molecule has 0 aliphatic heterocycles. The van der Waals surface area contributed by atoms with Crippen molar-refractivity contribution in [2.75, 3.05) is 0 Å². The molecule has 9 nitrogen and oxygen atoms in total. The fraction of sp³-hybridized carbons (Fsp3) is 0. The second-order valence-corrected chi connectivity index (χ2v) is 0.447. The van der Waals surface area contributed by atoms with Gasteiger partial charge in [0, 0.05) is 0 Å². The molecule has 3 N–H and O–H groups in total. The molecule has 0 fully saturated rings. The summed E-state index contributed by atoms with van der Waals surface area (Å²) in [5.41, 5.74) is 0. The predicted octanol–water partition coefficient (Wildman–Crippen LogP) is -3.43. The minimum Gasteiger partial charge on any atom is -1.00 e. The Labute approximate surface area is 81.5 Å². The first-order chi connectivity index (χ1) is 3.46.